The minimum absolute atomic E-state index is 0.247. The number of halogens is 1. The maximum Gasteiger partial charge on any atom is 0.252 e. The molecule has 1 heterocycles. The molecule has 0 saturated heterocycles. The van der Waals surface area contributed by atoms with Gasteiger partial charge in [-0.1, -0.05) is 17.7 Å². The molecule has 4 nitrogen and oxygen atoms in total. The van der Waals surface area contributed by atoms with Crippen molar-refractivity contribution in [1.82, 2.24) is 5.32 Å². The van der Waals surface area contributed by atoms with Gasteiger partial charge in [0.25, 0.3) is 5.91 Å². The van der Waals surface area contributed by atoms with Crippen LogP contribution in [-0.2, 0) is 0 Å². The van der Waals surface area contributed by atoms with Crippen molar-refractivity contribution in [3.63, 3.8) is 0 Å². The van der Waals surface area contributed by atoms with Gasteiger partial charge in [0.15, 0.2) is 12.0 Å². The van der Waals surface area contributed by atoms with Crippen LogP contribution in [0.3, 0.4) is 0 Å². The van der Waals surface area contributed by atoms with Crippen LogP contribution in [0.25, 0.3) is 11.3 Å². The first-order valence-corrected chi connectivity index (χ1v) is 5.60. The molecular formula is C13H10ClNO3. The summed E-state index contributed by atoms with van der Waals surface area (Å²) >= 11 is 6.02. The summed E-state index contributed by atoms with van der Waals surface area (Å²) < 4.78 is 5.27. The van der Waals surface area contributed by atoms with E-state index in [4.69, 9.17) is 16.0 Å². The molecule has 0 spiro atoms. The van der Waals surface area contributed by atoms with Gasteiger partial charge in [-0.15, -0.1) is 0 Å². The van der Waals surface area contributed by atoms with Gasteiger partial charge in [0.2, 0.25) is 0 Å². The Balaban J connectivity index is 2.39. The maximum atomic E-state index is 11.5. The molecule has 1 amide bonds. The van der Waals surface area contributed by atoms with E-state index in [1.807, 2.05) is 0 Å². The van der Waals surface area contributed by atoms with Gasteiger partial charge in [-0.3, -0.25) is 9.59 Å². The fraction of sp³-hybridized carbons (Fsp3) is 0.0769. The molecule has 0 aliphatic heterocycles. The minimum atomic E-state index is -0.250. The highest BCUT2D eigenvalue weighted by molar-refractivity contribution is 6.34. The van der Waals surface area contributed by atoms with Crippen molar-refractivity contribution in [2.45, 2.75) is 0 Å². The van der Waals surface area contributed by atoms with Crippen molar-refractivity contribution in [2.24, 2.45) is 0 Å². The third-order valence-electron chi connectivity index (χ3n) is 2.47. The zero-order valence-electron chi connectivity index (χ0n) is 9.57. The van der Waals surface area contributed by atoms with Crippen LogP contribution in [-0.4, -0.2) is 19.2 Å². The zero-order valence-corrected chi connectivity index (χ0v) is 10.3. The Morgan fingerprint density at radius 1 is 1.33 bits per heavy atom. The molecule has 0 bridgehead atoms. The molecule has 1 N–H and O–H groups in total. The second-order valence-corrected chi connectivity index (χ2v) is 4.00. The molecule has 0 unspecified atom stereocenters. The number of benzene rings is 1. The Morgan fingerprint density at radius 2 is 2.11 bits per heavy atom. The van der Waals surface area contributed by atoms with Crippen molar-refractivity contribution in [3.05, 3.63) is 46.7 Å². The molecule has 2 aromatic rings. The monoisotopic (exact) mass is 263 g/mol. The Hall–Kier alpha value is -2.07. The molecule has 0 atom stereocenters. The van der Waals surface area contributed by atoms with E-state index in [1.165, 1.54) is 7.05 Å². The van der Waals surface area contributed by atoms with Crippen LogP contribution in [0.15, 0.2) is 34.7 Å². The fourth-order valence-corrected chi connectivity index (χ4v) is 1.82. The van der Waals surface area contributed by atoms with Crippen molar-refractivity contribution in [1.29, 1.82) is 0 Å². The van der Waals surface area contributed by atoms with Gasteiger partial charge >= 0.3 is 0 Å². The molecule has 0 saturated carbocycles. The minimum Gasteiger partial charge on any atom is -0.453 e. The van der Waals surface area contributed by atoms with Crippen molar-refractivity contribution < 1.29 is 14.0 Å². The van der Waals surface area contributed by atoms with Crippen molar-refractivity contribution in [2.75, 3.05) is 7.05 Å². The Labute approximate surface area is 109 Å². The second kappa shape index (κ2) is 5.06. The summed E-state index contributed by atoms with van der Waals surface area (Å²) in [5.41, 5.74) is 1.10. The number of nitrogens with one attached hydrogen (secondary N) is 1. The lowest BCUT2D eigenvalue weighted by Crippen LogP contribution is -2.18. The number of carbonyl (C=O) groups excluding carboxylic acids is 2. The first kappa shape index (κ1) is 12.4. The predicted octanol–water partition coefficient (Wildman–Crippen LogP) is 2.77. The molecular weight excluding hydrogens is 254 g/mol. The van der Waals surface area contributed by atoms with Crippen molar-refractivity contribution >= 4 is 23.8 Å². The number of aldehydes is 1. The van der Waals surface area contributed by atoms with Gasteiger partial charge in [0.1, 0.15) is 5.76 Å². The summed E-state index contributed by atoms with van der Waals surface area (Å²) in [4.78, 5) is 22.0. The normalized spacial score (nSPS) is 10.1. The molecule has 2 rings (SSSR count). The van der Waals surface area contributed by atoms with E-state index in [0.717, 1.165) is 0 Å². The van der Waals surface area contributed by atoms with Gasteiger partial charge in [-0.2, -0.15) is 0 Å². The van der Waals surface area contributed by atoms with Crippen LogP contribution in [0.4, 0.5) is 0 Å². The van der Waals surface area contributed by atoms with E-state index in [-0.39, 0.29) is 11.7 Å². The summed E-state index contributed by atoms with van der Waals surface area (Å²) in [6, 6.07) is 8.20. The molecule has 5 heteroatoms. The Morgan fingerprint density at radius 3 is 2.67 bits per heavy atom. The summed E-state index contributed by atoms with van der Waals surface area (Å²) in [6.07, 6.45) is 0.629. The molecule has 0 aliphatic rings. The van der Waals surface area contributed by atoms with Gasteiger partial charge in [-0.25, -0.2) is 0 Å². The van der Waals surface area contributed by atoms with Crippen LogP contribution in [0, 0.1) is 0 Å². The number of amides is 1. The highest BCUT2D eigenvalue weighted by Gasteiger charge is 2.11. The van der Waals surface area contributed by atoms with Crippen LogP contribution in [0.5, 0.6) is 0 Å². The Bertz CT molecular complexity index is 604. The van der Waals surface area contributed by atoms with Crippen molar-refractivity contribution in [3.8, 4) is 11.3 Å². The van der Waals surface area contributed by atoms with E-state index in [2.05, 4.69) is 5.32 Å². The summed E-state index contributed by atoms with van der Waals surface area (Å²) in [7, 11) is 1.54. The number of rotatable bonds is 3. The summed E-state index contributed by atoms with van der Waals surface area (Å²) in [5.74, 6) is 0.526. The molecule has 1 aromatic carbocycles. The SMILES string of the molecule is CNC(=O)c1ccc(-c2ccc(C=O)o2)cc1Cl. The van der Waals surface area contributed by atoms with Gasteiger partial charge < -0.3 is 9.73 Å². The van der Waals surface area contributed by atoms with E-state index in [1.54, 1.807) is 30.3 Å². The lowest BCUT2D eigenvalue weighted by Gasteiger charge is -2.04. The van der Waals surface area contributed by atoms with Gasteiger partial charge in [0, 0.05) is 12.6 Å². The quantitative estimate of drug-likeness (QED) is 0.866. The van der Waals surface area contributed by atoms with Crippen LogP contribution < -0.4 is 5.32 Å². The smallest absolute Gasteiger partial charge is 0.252 e. The lowest BCUT2D eigenvalue weighted by atomic mass is 10.1. The average Bonchev–Trinajstić information content (AvgIpc) is 2.86. The lowest BCUT2D eigenvalue weighted by molar-refractivity contribution is 0.0963. The maximum absolute atomic E-state index is 11.5. The third-order valence-corrected chi connectivity index (χ3v) is 2.78. The largest absolute Gasteiger partial charge is 0.453 e. The van der Waals surface area contributed by atoms with E-state index in [0.29, 0.717) is 28.2 Å². The average molecular weight is 264 g/mol. The standard InChI is InChI=1S/C13H10ClNO3/c1-15-13(17)10-4-2-8(6-11(10)14)12-5-3-9(7-16)18-12/h2-7H,1H3,(H,15,17). The molecule has 18 heavy (non-hydrogen) atoms. The molecule has 0 radical (unpaired) electrons. The van der Waals surface area contributed by atoms with E-state index in [9.17, 15) is 9.59 Å². The van der Waals surface area contributed by atoms with E-state index < -0.39 is 0 Å². The van der Waals surface area contributed by atoms with Gasteiger partial charge in [0.05, 0.1) is 10.6 Å². The Kier molecular flexibility index (Phi) is 3.48. The third kappa shape index (κ3) is 2.28. The molecule has 1 aromatic heterocycles. The van der Waals surface area contributed by atoms with Gasteiger partial charge in [-0.05, 0) is 24.3 Å². The van der Waals surface area contributed by atoms with Crippen LogP contribution in [0.2, 0.25) is 5.02 Å². The first-order chi connectivity index (χ1) is 8.65. The highest BCUT2D eigenvalue weighted by atomic mass is 35.5. The number of hydrogen-bond acceptors (Lipinski definition) is 3. The summed E-state index contributed by atoms with van der Waals surface area (Å²) in [6.45, 7) is 0. The highest BCUT2D eigenvalue weighted by Crippen LogP contribution is 2.26. The molecule has 0 fully saturated rings. The second-order valence-electron chi connectivity index (χ2n) is 3.59. The van der Waals surface area contributed by atoms with Crippen LogP contribution >= 0.6 is 11.6 Å². The predicted molar refractivity (Wildman–Crippen MR) is 67.9 cm³/mol. The number of hydrogen-bond donors (Lipinski definition) is 1. The number of carbonyl (C=O) groups is 2. The fourth-order valence-electron chi connectivity index (χ4n) is 1.56. The zero-order chi connectivity index (χ0) is 13.1. The number of furan rings is 1. The van der Waals surface area contributed by atoms with E-state index >= 15 is 0 Å². The summed E-state index contributed by atoms with van der Waals surface area (Å²) in [5, 5.41) is 2.83. The molecule has 0 aliphatic carbocycles. The molecule has 92 valence electrons. The first-order valence-electron chi connectivity index (χ1n) is 5.22. The van der Waals surface area contributed by atoms with Crippen LogP contribution in [0.1, 0.15) is 20.9 Å². The topological polar surface area (TPSA) is 59.3 Å².